The van der Waals surface area contributed by atoms with Crippen LogP contribution in [-0.4, -0.2) is 52.1 Å². The normalized spacial score (nSPS) is 29.7. The molecule has 1 atom stereocenters. The third kappa shape index (κ3) is 5.32. The molecule has 5 rings (SSSR count). The molecule has 0 radical (unpaired) electrons. The van der Waals surface area contributed by atoms with E-state index in [1.165, 1.54) is 0 Å². The van der Waals surface area contributed by atoms with Crippen molar-refractivity contribution in [3.05, 3.63) is 65.4 Å². The molecule has 1 aromatic carbocycles. The third-order valence-electron chi connectivity index (χ3n) is 9.39. The van der Waals surface area contributed by atoms with Crippen molar-refractivity contribution in [3.8, 4) is 0 Å². The number of halogens is 1. The first-order valence-corrected chi connectivity index (χ1v) is 14.4. The van der Waals surface area contributed by atoms with Crippen molar-refractivity contribution in [3.63, 3.8) is 0 Å². The number of aliphatic carboxylic acids is 1. The number of nitrogens with zero attached hydrogens (tertiary/aromatic N) is 3. The lowest BCUT2D eigenvalue weighted by molar-refractivity contribution is -0.155. The zero-order chi connectivity index (χ0) is 27.9. The van der Waals surface area contributed by atoms with Crippen LogP contribution in [0.3, 0.4) is 0 Å². The first-order valence-electron chi connectivity index (χ1n) is 14.4. The standard InChI is InChI=1S/C32H40FN3O3/c1-5-25-15-28(30(37)36-12-8-6-7-9-21(36)3)34-29(35(25)4)13-20(2)26-11-10-22(14-27(26)33)23-16-32(17-23)18-24(19-32)31(38)39/h10-11,13-15,21,23-24H,2,5-9,12,16-19H2,1,3-4H3,(H,38,39)/b29-13-. The van der Waals surface area contributed by atoms with Gasteiger partial charge in [-0.05, 0) is 92.6 Å². The van der Waals surface area contributed by atoms with Crippen LogP contribution >= 0.6 is 0 Å². The topological polar surface area (TPSA) is 73.2 Å². The van der Waals surface area contributed by atoms with E-state index in [0.717, 1.165) is 75.6 Å². The van der Waals surface area contributed by atoms with Gasteiger partial charge in [0.05, 0.1) is 5.92 Å². The highest BCUT2D eigenvalue weighted by atomic mass is 19.1. The fourth-order valence-electron chi connectivity index (χ4n) is 6.93. The summed E-state index contributed by atoms with van der Waals surface area (Å²) in [5, 5.41) is 9.18. The highest BCUT2D eigenvalue weighted by molar-refractivity contribution is 6.43. The van der Waals surface area contributed by atoms with Gasteiger partial charge >= 0.3 is 5.97 Å². The fourth-order valence-corrected chi connectivity index (χ4v) is 6.93. The molecule has 0 bridgehead atoms. The number of carbonyl (C=O) groups excluding carboxylic acids is 1. The molecule has 2 aliphatic heterocycles. The number of hydrogen-bond acceptors (Lipinski definition) is 4. The lowest BCUT2D eigenvalue weighted by Gasteiger charge is -2.57. The summed E-state index contributed by atoms with van der Waals surface area (Å²) in [6, 6.07) is 5.53. The molecule has 2 aliphatic carbocycles. The summed E-state index contributed by atoms with van der Waals surface area (Å²) >= 11 is 0. The Morgan fingerprint density at radius 3 is 2.62 bits per heavy atom. The second kappa shape index (κ2) is 10.7. The molecule has 2 saturated carbocycles. The van der Waals surface area contributed by atoms with E-state index in [9.17, 15) is 14.7 Å². The summed E-state index contributed by atoms with van der Waals surface area (Å²) in [4.78, 5) is 33.3. The van der Waals surface area contributed by atoms with Crippen molar-refractivity contribution in [1.29, 1.82) is 0 Å². The van der Waals surface area contributed by atoms with E-state index in [1.807, 2.05) is 35.9 Å². The molecule has 1 aromatic rings. The van der Waals surface area contributed by atoms with E-state index in [0.29, 0.717) is 22.7 Å². The predicted octanol–water partition coefficient (Wildman–Crippen LogP) is 6.51. The van der Waals surface area contributed by atoms with E-state index in [1.54, 1.807) is 18.2 Å². The predicted molar refractivity (Wildman–Crippen MR) is 151 cm³/mol. The summed E-state index contributed by atoms with van der Waals surface area (Å²) in [5.74, 6) is -0.433. The van der Waals surface area contributed by atoms with Crippen LogP contribution in [0, 0.1) is 17.2 Å². The number of carboxylic acids is 1. The fraction of sp³-hybridized carbons (Fsp3) is 0.531. The maximum absolute atomic E-state index is 15.3. The van der Waals surface area contributed by atoms with Gasteiger partial charge in [0.1, 0.15) is 17.3 Å². The van der Waals surface area contributed by atoms with Gasteiger partial charge in [0, 0.05) is 30.9 Å². The Balaban J connectivity index is 1.32. The lowest BCUT2D eigenvalue weighted by Crippen LogP contribution is -2.48. The minimum absolute atomic E-state index is 0.0464. The molecule has 1 N–H and O–H groups in total. The van der Waals surface area contributed by atoms with Gasteiger partial charge in [-0.15, -0.1) is 0 Å². The number of aliphatic imine (C=N–C) groups is 1. The number of amides is 1. The van der Waals surface area contributed by atoms with Crippen molar-refractivity contribution >= 4 is 23.2 Å². The van der Waals surface area contributed by atoms with Crippen LogP contribution in [0.1, 0.15) is 88.7 Å². The van der Waals surface area contributed by atoms with E-state index >= 15 is 4.39 Å². The van der Waals surface area contributed by atoms with Gasteiger partial charge in [-0.1, -0.05) is 38.5 Å². The highest BCUT2D eigenvalue weighted by Crippen LogP contribution is 2.64. The molecular formula is C32H40FN3O3. The second-order valence-corrected chi connectivity index (χ2v) is 12.1. The molecule has 6 nitrogen and oxygen atoms in total. The molecule has 1 unspecified atom stereocenters. The van der Waals surface area contributed by atoms with Crippen LogP contribution in [0.15, 0.2) is 53.4 Å². The molecular weight excluding hydrogens is 493 g/mol. The highest BCUT2D eigenvalue weighted by Gasteiger charge is 2.55. The van der Waals surface area contributed by atoms with Crippen molar-refractivity contribution in [2.24, 2.45) is 16.3 Å². The Morgan fingerprint density at radius 1 is 1.21 bits per heavy atom. The van der Waals surface area contributed by atoms with E-state index in [-0.39, 0.29) is 35.0 Å². The Kier molecular flexibility index (Phi) is 7.53. The second-order valence-electron chi connectivity index (χ2n) is 12.1. The molecule has 3 fully saturated rings. The Labute approximate surface area is 231 Å². The first-order chi connectivity index (χ1) is 18.6. The average molecular weight is 534 g/mol. The largest absolute Gasteiger partial charge is 0.481 e. The minimum Gasteiger partial charge on any atom is -0.481 e. The van der Waals surface area contributed by atoms with E-state index < -0.39 is 5.97 Å². The van der Waals surface area contributed by atoms with Crippen LogP contribution in [0.5, 0.6) is 0 Å². The molecule has 7 heteroatoms. The van der Waals surface area contributed by atoms with Gasteiger partial charge in [-0.3, -0.25) is 9.59 Å². The summed E-state index contributed by atoms with van der Waals surface area (Å²) < 4.78 is 15.3. The Morgan fingerprint density at radius 2 is 1.95 bits per heavy atom. The first kappa shape index (κ1) is 27.4. The van der Waals surface area contributed by atoms with Gasteiger partial charge in [-0.2, -0.15) is 0 Å². The average Bonchev–Trinajstić information content (AvgIpc) is 3.07. The molecule has 208 valence electrons. The molecule has 4 aliphatic rings. The van der Waals surface area contributed by atoms with Crippen LogP contribution in [0.25, 0.3) is 5.57 Å². The zero-order valence-electron chi connectivity index (χ0n) is 23.4. The number of carboxylic acid groups (broad SMARTS) is 1. The number of likely N-dealkylation sites (tertiary alicyclic amines) is 1. The SMILES string of the molecule is C=C(/C=C1/N=C(C(=O)N2CCCCCC2C)C=C(CC)N1C)c1ccc(C2CC3(CC(C(=O)O)C3)C2)cc1F. The van der Waals surface area contributed by atoms with Crippen molar-refractivity contribution in [2.45, 2.75) is 83.6 Å². The number of hydrogen-bond donors (Lipinski definition) is 1. The van der Waals surface area contributed by atoms with Gasteiger partial charge in [-0.25, -0.2) is 9.38 Å². The minimum atomic E-state index is -0.699. The molecule has 2 heterocycles. The van der Waals surface area contributed by atoms with Gasteiger partial charge in [0.25, 0.3) is 5.91 Å². The van der Waals surface area contributed by atoms with Crippen LogP contribution < -0.4 is 0 Å². The van der Waals surface area contributed by atoms with E-state index in [2.05, 4.69) is 13.5 Å². The number of rotatable bonds is 6. The molecule has 1 amide bonds. The number of allylic oxidation sites excluding steroid dienone is 3. The Hall–Kier alpha value is -3.22. The molecule has 0 aromatic heterocycles. The zero-order valence-corrected chi connectivity index (χ0v) is 23.4. The van der Waals surface area contributed by atoms with Crippen molar-refractivity contribution in [2.75, 3.05) is 13.6 Å². The van der Waals surface area contributed by atoms with Gasteiger partial charge in [0.2, 0.25) is 0 Å². The maximum Gasteiger partial charge on any atom is 0.306 e. The van der Waals surface area contributed by atoms with Gasteiger partial charge in [0.15, 0.2) is 0 Å². The van der Waals surface area contributed by atoms with Crippen LogP contribution in [0.4, 0.5) is 4.39 Å². The smallest absolute Gasteiger partial charge is 0.306 e. The van der Waals surface area contributed by atoms with Crippen LogP contribution in [-0.2, 0) is 9.59 Å². The summed E-state index contributed by atoms with van der Waals surface area (Å²) in [5.41, 5.74) is 3.43. The Bertz CT molecular complexity index is 1270. The molecule has 1 saturated heterocycles. The van der Waals surface area contributed by atoms with E-state index in [4.69, 9.17) is 4.99 Å². The molecule has 1 spiro atoms. The summed E-state index contributed by atoms with van der Waals surface area (Å²) in [6.45, 7) is 9.05. The third-order valence-corrected chi connectivity index (χ3v) is 9.39. The van der Waals surface area contributed by atoms with Gasteiger partial charge < -0.3 is 14.9 Å². The van der Waals surface area contributed by atoms with Crippen LogP contribution in [0.2, 0.25) is 0 Å². The lowest BCUT2D eigenvalue weighted by atomic mass is 9.47. The maximum atomic E-state index is 15.3. The number of benzene rings is 1. The van der Waals surface area contributed by atoms with Crippen molar-refractivity contribution in [1.82, 2.24) is 9.80 Å². The van der Waals surface area contributed by atoms with Crippen molar-refractivity contribution < 1.29 is 19.1 Å². The number of carbonyl (C=O) groups is 2. The molecule has 39 heavy (non-hydrogen) atoms. The summed E-state index contributed by atoms with van der Waals surface area (Å²) in [7, 11) is 1.91. The quantitative estimate of drug-likeness (QED) is 0.452. The summed E-state index contributed by atoms with van der Waals surface area (Å²) in [6.07, 6.45) is 12.0. The monoisotopic (exact) mass is 533 g/mol.